The van der Waals surface area contributed by atoms with Crippen molar-refractivity contribution < 1.29 is 9.53 Å². The zero-order valence-corrected chi connectivity index (χ0v) is 9.63. The highest BCUT2D eigenvalue weighted by molar-refractivity contribution is 7.09. The van der Waals surface area contributed by atoms with Crippen LogP contribution in [0, 0.1) is 5.92 Å². The Kier molecular flexibility index (Phi) is 3.02. The lowest BCUT2D eigenvalue weighted by Crippen LogP contribution is -2.26. The van der Waals surface area contributed by atoms with E-state index in [1.165, 1.54) is 11.3 Å². The van der Waals surface area contributed by atoms with Crippen LogP contribution in [0.1, 0.15) is 28.8 Å². The first-order chi connectivity index (χ1) is 7.20. The van der Waals surface area contributed by atoms with Gasteiger partial charge < -0.3 is 10.1 Å². The number of nitrogens with zero attached hydrogens (tertiary/aromatic N) is 1. The number of hydrogen-bond acceptors (Lipinski definition) is 4. The summed E-state index contributed by atoms with van der Waals surface area (Å²) < 4.78 is 4.95. The summed E-state index contributed by atoms with van der Waals surface area (Å²) in [5.41, 5.74) is 0.506. The van der Waals surface area contributed by atoms with Gasteiger partial charge in [-0.25, -0.2) is 4.98 Å². The molecule has 2 rings (SSSR count). The molecule has 15 heavy (non-hydrogen) atoms. The molecule has 1 saturated carbocycles. The van der Waals surface area contributed by atoms with E-state index < -0.39 is 0 Å². The number of hydrogen-bond donors (Lipinski definition) is 1. The predicted octanol–water partition coefficient (Wildman–Crippen LogP) is 1.43. The minimum atomic E-state index is -0.0667. The van der Waals surface area contributed by atoms with Gasteiger partial charge in [0.2, 0.25) is 0 Å². The normalized spacial score (nSPS) is 23.9. The molecule has 2 unspecified atom stereocenters. The highest BCUT2D eigenvalue weighted by atomic mass is 32.1. The Labute approximate surface area is 92.7 Å². The molecule has 1 N–H and O–H groups in total. The Bertz CT molecular complexity index is 364. The predicted molar refractivity (Wildman–Crippen MR) is 57.9 cm³/mol. The van der Waals surface area contributed by atoms with Gasteiger partial charge in [-0.2, -0.15) is 0 Å². The van der Waals surface area contributed by atoms with Gasteiger partial charge in [0.1, 0.15) is 10.7 Å². The lowest BCUT2D eigenvalue weighted by molar-refractivity contribution is 0.0944. The smallest absolute Gasteiger partial charge is 0.270 e. The third-order valence-corrected chi connectivity index (χ3v) is 3.30. The van der Waals surface area contributed by atoms with Crippen molar-refractivity contribution in [1.29, 1.82) is 0 Å². The molecule has 0 aliphatic heterocycles. The van der Waals surface area contributed by atoms with E-state index in [-0.39, 0.29) is 5.91 Å². The SMILES string of the molecule is COCc1nc(C(=O)NC2CC2C)cs1. The Balaban J connectivity index is 1.93. The van der Waals surface area contributed by atoms with Crippen LogP contribution in [0.3, 0.4) is 0 Å². The van der Waals surface area contributed by atoms with Crippen molar-refractivity contribution >= 4 is 17.2 Å². The number of amides is 1. The second kappa shape index (κ2) is 4.28. The van der Waals surface area contributed by atoms with E-state index in [4.69, 9.17) is 4.74 Å². The zero-order valence-electron chi connectivity index (χ0n) is 8.82. The standard InChI is InChI=1S/C10H14N2O2S/c1-6-3-7(6)12-10(13)8-5-15-9(11-8)4-14-2/h5-7H,3-4H2,1-2H3,(H,12,13). The molecule has 2 atom stereocenters. The van der Waals surface area contributed by atoms with E-state index in [0.29, 0.717) is 24.3 Å². The van der Waals surface area contributed by atoms with E-state index in [9.17, 15) is 4.79 Å². The summed E-state index contributed by atoms with van der Waals surface area (Å²) in [4.78, 5) is 15.8. The van der Waals surface area contributed by atoms with Crippen molar-refractivity contribution in [2.45, 2.75) is 26.0 Å². The minimum Gasteiger partial charge on any atom is -0.378 e. The van der Waals surface area contributed by atoms with Crippen molar-refractivity contribution in [3.63, 3.8) is 0 Å². The number of nitrogens with one attached hydrogen (secondary N) is 1. The molecule has 1 aliphatic rings. The van der Waals surface area contributed by atoms with Crippen LogP contribution >= 0.6 is 11.3 Å². The van der Waals surface area contributed by atoms with Crippen LogP contribution in [0.5, 0.6) is 0 Å². The molecule has 0 spiro atoms. The Hall–Kier alpha value is -0.940. The molecule has 1 amide bonds. The lowest BCUT2D eigenvalue weighted by atomic mass is 10.4. The highest BCUT2D eigenvalue weighted by Gasteiger charge is 2.34. The maximum Gasteiger partial charge on any atom is 0.270 e. The van der Waals surface area contributed by atoms with Gasteiger partial charge in [-0.3, -0.25) is 4.79 Å². The summed E-state index contributed by atoms with van der Waals surface area (Å²) in [5, 5.41) is 5.55. The molecule has 82 valence electrons. The van der Waals surface area contributed by atoms with Gasteiger partial charge in [-0.1, -0.05) is 6.92 Å². The second-order valence-corrected chi connectivity index (χ2v) is 4.80. The van der Waals surface area contributed by atoms with Gasteiger partial charge in [0.05, 0.1) is 6.61 Å². The first kappa shape index (κ1) is 10.6. The quantitative estimate of drug-likeness (QED) is 0.845. The van der Waals surface area contributed by atoms with Gasteiger partial charge in [0.15, 0.2) is 0 Å². The summed E-state index contributed by atoms with van der Waals surface area (Å²) in [7, 11) is 1.62. The van der Waals surface area contributed by atoms with Crippen molar-refractivity contribution in [3.8, 4) is 0 Å². The molecular formula is C10H14N2O2S. The molecule has 1 fully saturated rings. The van der Waals surface area contributed by atoms with Gasteiger partial charge in [0.25, 0.3) is 5.91 Å². The van der Waals surface area contributed by atoms with E-state index >= 15 is 0 Å². The first-order valence-corrected chi connectivity index (χ1v) is 5.83. The number of methoxy groups -OCH3 is 1. The van der Waals surface area contributed by atoms with E-state index in [2.05, 4.69) is 17.2 Å². The molecule has 1 heterocycles. The molecule has 1 aromatic rings. The summed E-state index contributed by atoms with van der Waals surface area (Å²) in [6.45, 7) is 2.60. The summed E-state index contributed by atoms with van der Waals surface area (Å²) in [5.74, 6) is 0.550. The van der Waals surface area contributed by atoms with Crippen LogP contribution in [0.2, 0.25) is 0 Å². The maximum absolute atomic E-state index is 11.7. The van der Waals surface area contributed by atoms with Gasteiger partial charge in [0, 0.05) is 18.5 Å². The minimum absolute atomic E-state index is 0.0667. The molecular weight excluding hydrogens is 212 g/mol. The molecule has 5 heteroatoms. The van der Waals surface area contributed by atoms with Crippen LogP contribution in [-0.2, 0) is 11.3 Å². The molecule has 0 saturated heterocycles. The first-order valence-electron chi connectivity index (χ1n) is 4.95. The van der Waals surface area contributed by atoms with Gasteiger partial charge in [-0.05, 0) is 12.3 Å². The molecule has 1 aliphatic carbocycles. The molecule has 0 aromatic carbocycles. The van der Waals surface area contributed by atoms with Crippen molar-refractivity contribution in [3.05, 3.63) is 16.1 Å². The molecule has 4 nitrogen and oxygen atoms in total. The Morgan fingerprint density at radius 3 is 3.13 bits per heavy atom. The van der Waals surface area contributed by atoms with Crippen LogP contribution < -0.4 is 5.32 Å². The Morgan fingerprint density at radius 1 is 1.80 bits per heavy atom. The third-order valence-electron chi connectivity index (χ3n) is 2.48. The number of carbonyl (C=O) groups excluding carboxylic acids is 1. The number of aromatic nitrogens is 1. The van der Waals surface area contributed by atoms with Crippen molar-refractivity contribution in [2.24, 2.45) is 5.92 Å². The topological polar surface area (TPSA) is 51.2 Å². The summed E-state index contributed by atoms with van der Waals surface area (Å²) in [6.07, 6.45) is 1.08. The largest absolute Gasteiger partial charge is 0.378 e. The number of rotatable bonds is 4. The highest BCUT2D eigenvalue weighted by Crippen LogP contribution is 2.29. The number of thiazole rings is 1. The molecule has 0 bridgehead atoms. The van der Waals surface area contributed by atoms with Gasteiger partial charge >= 0.3 is 0 Å². The average molecular weight is 226 g/mol. The fraction of sp³-hybridized carbons (Fsp3) is 0.600. The van der Waals surface area contributed by atoms with E-state index in [1.54, 1.807) is 12.5 Å². The van der Waals surface area contributed by atoms with Gasteiger partial charge in [-0.15, -0.1) is 11.3 Å². The fourth-order valence-electron chi connectivity index (χ4n) is 1.37. The van der Waals surface area contributed by atoms with E-state index in [1.807, 2.05) is 0 Å². The van der Waals surface area contributed by atoms with E-state index in [0.717, 1.165) is 11.4 Å². The second-order valence-electron chi connectivity index (χ2n) is 3.85. The number of carbonyl (C=O) groups is 1. The molecule has 0 radical (unpaired) electrons. The lowest BCUT2D eigenvalue weighted by Gasteiger charge is -1.99. The summed E-state index contributed by atoms with van der Waals surface area (Å²) >= 11 is 1.45. The Morgan fingerprint density at radius 2 is 2.53 bits per heavy atom. The monoisotopic (exact) mass is 226 g/mol. The summed E-state index contributed by atoms with van der Waals surface area (Å²) in [6, 6.07) is 0.352. The average Bonchev–Trinajstić information content (AvgIpc) is 2.72. The van der Waals surface area contributed by atoms with Crippen LogP contribution in [0.4, 0.5) is 0 Å². The van der Waals surface area contributed by atoms with Crippen molar-refractivity contribution in [1.82, 2.24) is 10.3 Å². The van der Waals surface area contributed by atoms with Crippen LogP contribution in [-0.4, -0.2) is 24.0 Å². The zero-order chi connectivity index (χ0) is 10.8. The maximum atomic E-state index is 11.7. The number of ether oxygens (including phenoxy) is 1. The molecule has 1 aromatic heterocycles. The van der Waals surface area contributed by atoms with Crippen molar-refractivity contribution in [2.75, 3.05) is 7.11 Å². The fourth-order valence-corrected chi connectivity index (χ4v) is 2.11. The van der Waals surface area contributed by atoms with Crippen LogP contribution in [0.15, 0.2) is 5.38 Å². The van der Waals surface area contributed by atoms with Crippen LogP contribution in [0.25, 0.3) is 0 Å². The third kappa shape index (κ3) is 2.54.